The van der Waals surface area contributed by atoms with Gasteiger partial charge in [-0.2, -0.15) is 5.10 Å². The highest BCUT2D eigenvalue weighted by Crippen LogP contribution is 2.13. The van der Waals surface area contributed by atoms with Gasteiger partial charge in [0.1, 0.15) is 6.10 Å². The van der Waals surface area contributed by atoms with Crippen LogP contribution in [0.4, 0.5) is 0 Å². The molecule has 2 N–H and O–H groups in total. The summed E-state index contributed by atoms with van der Waals surface area (Å²) in [6.45, 7) is 4.26. The normalized spacial score (nSPS) is 11.8. The van der Waals surface area contributed by atoms with Crippen molar-refractivity contribution >= 4 is 11.9 Å². The zero-order valence-electron chi connectivity index (χ0n) is 15.1. The van der Waals surface area contributed by atoms with Gasteiger partial charge in [0.25, 0.3) is 0 Å². The molecule has 26 heavy (non-hydrogen) atoms. The van der Waals surface area contributed by atoms with Crippen LogP contribution in [0.3, 0.4) is 0 Å². The molecule has 2 aromatic rings. The SMILES string of the molecule is CCOC(=O)C[C@H](O)C(=O)NCCCc1cn(-c2ccccc2)nc1C. The van der Waals surface area contributed by atoms with Gasteiger partial charge < -0.3 is 15.2 Å². The number of aliphatic hydroxyl groups is 1. The number of rotatable bonds is 9. The number of aryl methyl sites for hydroxylation is 2. The molecule has 1 atom stereocenters. The van der Waals surface area contributed by atoms with Crippen LogP contribution in [0.5, 0.6) is 0 Å². The van der Waals surface area contributed by atoms with Gasteiger partial charge in [0.2, 0.25) is 5.91 Å². The van der Waals surface area contributed by atoms with E-state index in [1.54, 1.807) is 6.92 Å². The Bertz CT molecular complexity index is 728. The molecule has 1 heterocycles. The van der Waals surface area contributed by atoms with Crippen molar-refractivity contribution in [1.82, 2.24) is 15.1 Å². The number of esters is 1. The molecule has 7 nitrogen and oxygen atoms in total. The van der Waals surface area contributed by atoms with E-state index in [2.05, 4.69) is 10.4 Å². The number of carbonyl (C=O) groups excluding carboxylic acids is 2. The maximum atomic E-state index is 11.8. The third-order valence-corrected chi connectivity index (χ3v) is 3.91. The molecule has 1 aromatic heterocycles. The molecule has 2 rings (SSSR count). The summed E-state index contributed by atoms with van der Waals surface area (Å²) < 4.78 is 6.55. The summed E-state index contributed by atoms with van der Waals surface area (Å²) in [6.07, 6.45) is 1.74. The van der Waals surface area contributed by atoms with Crippen molar-refractivity contribution in [3.8, 4) is 5.69 Å². The molecule has 1 amide bonds. The lowest BCUT2D eigenvalue weighted by Gasteiger charge is -2.10. The Morgan fingerprint density at radius 2 is 2.04 bits per heavy atom. The van der Waals surface area contributed by atoms with Crippen molar-refractivity contribution in [2.75, 3.05) is 13.2 Å². The molecule has 140 valence electrons. The number of hydrogen-bond acceptors (Lipinski definition) is 5. The molecule has 0 aliphatic heterocycles. The molecule has 0 bridgehead atoms. The van der Waals surface area contributed by atoms with E-state index in [1.165, 1.54) is 0 Å². The zero-order valence-corrected chi connectivity index (χ0v) is 15.1. The van der Waals surface area contributed by atoms with Crippen molar-refractivity contribution in [2.24, 2.45) is 0 Å². The summed E-state index contributed by atoms with van der Waals surface area (Å²) >= 11 is 0. The maximum absolute atomic E-state index is 11.8. The molecule has 0 radical (unpaired) electrons. The fourth-order valence-electron chi connectivity index (χ4n) is 2.53. The van der Waals surface area contributed by atoms with Crippen LogP contribution in [0.15, 0.2) is 36.5 Å². The lowest BCUT2D eigenvalue weighted by atomic mass is 10.1. The number of nitrogens with one attached hydrogen (secondary N) is 1. The van der Waals surface area contributed by atoms with E-state index >= 15 is 0 Å². The van der Waals surface area contributed by atoms with Crippen molar-refractivity contribution < 1.29 is 19.4 Å². The largest absolute Gasteiger partial charge is 0.466 e. The number of amides is 1. The lowest BCUT2D eigenvalue weighted by Crippen LogP contribution is -2.36. The number of para-hydroxylation sites is 1. The van der Waals surface area contributed by atoms with Crippen LogP contribution < -0.4 is 5.32 Å². The highest BCUT2D eigenvalue weighted by Gasteiger charge is 2.19. The van der Waals surface area contributed by atoms with Crippen molar-refractivity contribution in [3.63, 3.8) is 0 Å². The standard InChI is InChI=1S/C19H25N3O4/c1-3-26-18(24)12-17(23)19(25)20-11-7-8-15-13-22(21-14(15)2)16-9-5-4-6-10-16/h4-6,9-10,13,17,23H,3,7-8,11-12H2,1-2H3,(H,20,25)/t17-/m0/s1. The molecule has 1 aromatic carbocycles. The van der Waals surface area contributed by atoms with Gasteiger partial charge in [-0.1, -0.05) is 18.2 Å². The van der Waals surface area contributed by atoms with E-state index in [-0.39, 0.29) is 13.0 Å². The number of nitrogens with zero attached hydrogens (tertiary/aromatic N) is 2. The predicted molar refractivity (Wildman–Crippen MR) is 96.9 cm³/mol. The minimum atomic E-state index is -1.38. The second-order valence-electron chi connectivity index (χ2n) is 5.94. The molecular formula is C19H25N3O4. The van der Waals surface area contributed by atoms with E-state index in [4.69, 9.17) is 4.74 Å². The van der Waals surface area contributed by atoms with E-state index < -0.39 is 18.0 Å². The topological polar surface area (TPSA) is 93.5 Å². The van der Waals surface area contributed by atoms with E-state index in [0.29, 0.717) is 13.0 Å². The van der Waals surface area contributed by atoms with E-state index in [9.17, 15) is 14.7 Å². The quantitative estimate of drug-likeness (QED) is 0.523. The second-order valence-corrected chi connectivity index (χ2v) is 5.94. The van der Waals surface area contributed by atoms with E-state index in [1.807, 2.05) is 48.1 Å². The first-order chi connectivity index (χ1) is 12.5. The van der Waals surface area contributed by atoms with Crippen LogP contribution in [-0.2, 0) is 20.7 Å². The molecule has 7 heteroatoms. The van der Waals surface area contributed by atoms with Crippen LogP contribution in [-0.4, -0.2) is 46.0 Å². The van der Waals surface area contributed by atoms with Crippen LogP contribution in [0, 0.1) is 6.92 Å². The lowest BCUT2D eigenvalue weighted by molar-refractivity contribution is -0.148. The molecule has 0 aliphatic rings. The van der Waals surface area contributed by atoms with Crippen LogP contribution >= 0.6 is 0 Å². The van der Waals surface area contributed by atoms with Crippen LogP contribution in [0.1, 0.15) is 31.0 Å². The summed E-state index contributed by atoms with van der Waals surface area (Å²) in [6, 6.07) is 9.86. The first-order valence-corrected chi connectivity index (χ1v) is 8.73. The average molecular weight is 359 g/mol. The van der Waals surface area contributed by atoms with Gasteiger partial charge in [-0.15, -0.1) is 0 Å². The van der Waals surface area contributed by atoms with Gasteiger partial charge in [-0.05, 0) is 44.4 Å². The summed E-state index contributed by atoms with van der Waals surface area (Å²) in [5, 5.41) is 16.8. The number of aliphatic hydroxyl groups excluding tert-OH is 1. The number of ether oxygens (including phenoxy) is 1. The Labute approximate surface area is 153 Å². The van der Waals surface area contributed by atoms with Crippen molar-refractivity contribution in [3.05, 3.63) is 47.8 Å². The summed E-state index contributed by atoms with van der Waals surface area (Å²) in [4.78, 5) is 23.0. The van der Waals surface area contributed by atoms with Crippen LogP contribution in [0.25, 0.3) is 5.69 Å². The fraction of sp³-hybridized carbons (Fsp3) is 0.421. The summed E-state index contributed by atoms with van der Waals surface area (Å²) in [5.41, 5.74) is 3.05. The number of carbonyl (C=O) groups is 2. The Hall–Kier alpha value is -2.67. The Morgan fingerprint density at radius 1 is 1.31 bits per heavy atom. The van der Waals surface area contributed by atoms with Crippen molar-refractivity contribution in [1.29, 1.82) is 0 Å². The average Bonchev–Trinajstić information content (AvgIpc) is 3.00. The maximum Gasteiger partial charge on any atom is 0.308 e. The van der Waals surface area contributed by atoms with Gasteiger partial charge in [0.15, 0.2) is 0 Å². The number of hydrogen-bond donors (Lipinski definition) is 2. The Balaban J connectivity index is 1.77. The second kappa shape index (κ2) is 9.72. The molecule has 0 aliphatic carbocycles. The minimum Gasteiger partial charge on any atom is -0.466 e. The highest BCUT2D eigenvalue weighted by atomic mass is 16.5. The van der Waals surface area contributed by atoms with Crippen molar-refractivity contribution in [2.45, 2.75) is 39.2 Å². The predicted octanol–water partition coefficient (Wildman–Crippen LogP) is 1.54. The minimum absolute atomic E-state index is 0.225. The molecule has 0 spiro atoms. The van der Waals surface area contributed by atoms with Gasteiger partial charge in [-0.25, -0.2) is 4.68 Å². The highest BCUT2D eigenvalue weighted by molar-refractivity contribution is 5.85. The molecular weight excluding hydrogens is 334 g/mol. The number of aromatic nitrogens is 2. The Kier molecular flexibility index (Phi) is 7.35. The molecule has 0 unspecified atom stereocenters. The summed E-state index contributed by atoms with van der Waals surface area (Å²) in [5.74, 6) is -1.14. The first kappa shape index (κ1) is 19.7. The van der Waals surface area contributed by atoms with Gasteiger partial charge in [-0.3, -0.25) is 9.59 Å². The summed E-state index contributed by atoms with van der Waals surface area (Å²) in [7, 11) is 0. The smallest absolute Gasteiger partial charge is 0.308 e. The fourth-order valence-corrected chi connectivity index (χ4v) is 2.53. The molecule has 0 saturated carbocycles. The molecule has 0 fully saturated rings. The zero-order chi connectivity index (χ0) is 18.9. The third kappa shape index (κ3) is 5.70. The van der Waals surface area contributed by atoms with Gasteiger partial charge in [0.05, 0.1) is 24.4 Å². The molecule has 0 saturated heterocycles. The van der Waals surface area contributed by atoms with Crippen LogP contribution in [0.2, 0.25) is 0 Å². The van der Waals surface area contributed by atoms with E-state index in [0.717, 1.165) is 23.4 Å². The van der Waals surface area contributed by atoms with Gasteiger partial charge in [0, 0.05) is 12.7 Å². The number of benzene rings is 1. The van der Waals surface area contributed by atoms with Gasteiger partial charge >= 0.3 is 5.97 Å². The third-order valence-electron chi connectivity index (χ3n) is 3.91. The first-order valence-electron chi connectivity index (χ1n) is 8.73. The Morgan fingerprint density at radius 3 is 2.73 bits per heavy atom. The monoisotopic (exact) mass is 359 g/mol.